The highest BCUT2D eigenvalue weighted by molar-refractivity contribution is 7.13. The molecule has 3 aromatic rings. The summed E-state index contributed by atoms with van der Waals surface area (Å²) in [7, 11) is 1.65. The summed E-state index contributed by atoms with van der Waals surface area (Å²) in [6, 6.07) is 7.27. The number of halogens is 1. The number of aryl methyl sites for hydroxylation is 1. The summed E-state index contributed by atoms with van der Waals surface area (Å²) in [5.41, 5.74) is 0.685. The zero-order valence-electron chi connectivity index (χ0n) is 11.9. The summed E-state index contributed by atoms with van der Waals surface area (Å²) in [5.74, 6) is 0.378. The van der Waals surface area contributed by atoms with E-state index in [1.807, 2.05) is 18.2 Å². The SMILES string of the molecule is Cc1nc(C(=O)N(C)c2nccs2)nn1-c1ccccc1Cl. The van der Waals surface area contributed by atoms with Gasteiger partial charge in [-0.3, -0.25) is 9.69 Å². The predicted molar refractivity (Wildman–Crippen MR) is 86.0 cm³/mol. The Bertz CT molecular complexity index is 815. The number of thiazole rings is 1. The number of hydrogen-bond acceptors (Lipinski definition) is 5. The quantitative estimate of drug-likeness (QED) is 0.739. The van der Waals surface area contributed by atoms with Crippen LogP contribution in [0.5, 0.6) is 0 Å². The van der Waals surface area contributed by atoms with Crippen molar-refractivity contribution in [3.63, 3.8) is 0 Å². The fourth-order valence-electron chi connectivity index (χ4n) is 1.95. The van der Waals surface area contributed by atoms with Crippen molar-refractivity contribution in [1.29, 1.82) is 0 Å². The number of anilines is 1. The molecule has 22 heavy (non-hydrogen) atoms. The highest BCUT2D eigenvalue weighted by atomic mass is 35.5. The Hall–Kier alpha value is -2.25. The van der Waals surface area contributed by atoms with Crippen LogP contribution in [0.15, 0.2) is 35.8 Å². The van der Waals surface area contributed by atoms with Crippen molar-refractivity contribution in [1.82, 2.24) is 19.7 Å². The molecular formula is C14H12ClN5OS. The molecule has 0 saturated heterocycles. The first kappa shape index (κ1) is 14.7. The minimum absolute atomic E-state index is 0.107. The second-order valence-electron chi connectivity index (χ2n) is 4.52. The van der Waals surface area contributed by atoms with Gasteiger partial charge < -0.3 is 0 Å². The molecular weight excluding hydrogens is 322 g/mol. The van der Waals surface area contributed by atoms with Gasteiger partial charge in [0, 0.05) is 18.6 Å². The van der Waals surface area contributed by atoms with Gasteiger partial charge in [-0.05, 0) is 19.1 Å². The molecule has 3 rings (SSSR count). The molecule has 2 aromatic heterocycles. The maximum atomic E-state index is 12.4. The summed E-state index contributed by atoms with van der Waals surface area (Å²) in [6.07, 6.45) is 1.64. The van der Waals surface area contributed by atoms with E-state index in [-0.39, 0.29) is 11.7 Å². The van der Waals surface area contributed by atoms with Crippen molar-refractivity contribution >= 4 is 34.0 Å². The third kappa shape index (κ3) is 2.60. The number of rotatable bonds is 3. The zero-order valence-corrected chi connectivity index (χ0v) is 13.5. The largest absolute Gasteiger partial charge is 0.299 e. The molecule has 0 aliphatic heterocycles. The van der Waals surface area contributed by atoms with Crippen molar-refractivity contribution in [3.8, 4) is 5.69 Å². The van der Waals surface area contributed by atoms with Gasteiger partial charge in [-0.1, -0.05) is 23.7 Å². The number of para-hydroxylation sites is 1. The van der Waals surface area contributed by atoms with E-state index in [4.69, 9.17) is 11.6 Å². The third-order valence-electron chi connectivity index (χ3n) is 3.05. The molecule has 0 atom stereocenters. The van der Waals surface area contributed by atoms with Crippen LogP contribution >= 0.6 is 22.9 Å². The molecule has 0 unspecified atom stereocenters. The first-order chi connectivity index (χ1) is 10.6. The summed E-state index contributed by atoms with van der Waals surface area (Å²) >= 11 is 7.55. The van der Waals surface area contributed by atoms with Crippen LogP contribution in [0, 0.1) is 6.92 Å². The van der Waals surface area contributed by atoms with Crippen molar-refractivity contribution in [2.75, 3.05) is 11.9 Å². The van der Waals surface area contributed by atoms with Gasteiger partial charge in [0.1, 0.15) is 5.82 Å². The third-order valence-corrected chi connectivity index (χ3v) is 4.22. The van der Waals surface area contributed by atoms with E-state index in [0.29, 0.717) is 21.7 Å². The molecule has 2 heterocycles. The van der Waals surface area contributed by atoms with Crippen molar-refractivity contribution in [2.24, 2.45) is 0 Å². The number of nitrogens with zero attached hydrogens (tertiary/aromatic N) is 5. The van der Waals surface area contributed by atoms with Crippen LogP contribution in [0.2, 0.25) is 5.02 Å². The Morgan fingerprint density at radius 1 is 1.36 bits per heavy atom. The van der Waals surface area contributed by atoms with Crippen LogP contribution in [0.25, 0.3) is 5.69 Å². The Morgan fingerprint density at radius 2 is 2.14 bits per heavy atom. The van der Waals surface area contributed by atoms with E-state index in [1.54, 1.807) is 36.3 Å². The molecule has 0 N–H and O–H groups in total. The van der Waals surface area contributed by atoms with Gasteiger partial charge in [-0.15, -0.1) is 16.4 Å². The van der Waals surface area contributed by atoms with Gasteiger partial charge in [0.25, 0.3) is 5.91 Å². The average Bonchev–Trinajstić information content (AvgIpc) is 3.16. The molecule has 8 heteroatoms. The summed E-state index contributed by atoms with van der Waals surface area (Å²) < 4.78 is 1.56. The van der Waals surface area contributed by atoms with Gasteiger partial charge in [-0.2, -0.15) is 0 Å². The number of hydrogen-bond donors (Lipinski definition) is 0. The van der Waals surface area contributed by atoms with Crippen molar-refractivity contribution < 1.29 is 4.79 Å². The van der Waals surface area contributed by atoms with Crippen LogP contribution in [0.4, 0.5) is 5.13 Å². The van der Waals surface area contributed by atoms with Crippen LogP contribution in [0.1, 0.15) is 16.4 Å². The molecule has 0 aliphatic carbocycles. The number of carbonyl (C=O) groups excluding carboxylic acids is 1. The van der Waals surface area contributed by atoms with E-state index in [1.165, 1.54) is 16.2 Å². The van der Waals surface area contributed by atoms with E-state index in [0.717, 1.165) is 0 Å². The molecule has 0 aliphatic rings. The fourth-order valence-corrected chi connectivity index (χ4v) is 2.77. The summed E-state index contributed by atoms with van der Waals surface area (Å²) in [5, 5.41) is 7.22. The fraction of sp³-hybridized carbons (Fsp3) is 0.143. The minimum Gasteiger partial charge on any atom is -0.284 e. The highest BCUT2D eigenvalue weighted by Crippen LogP contribution is 2.21. The van der Waals surface area contributed by atoms with E-state index in [2.05, 4.69) is 15.1 Å². The summed E-state index contributed by atoms with van der Waals surface area (Å²) in [4.78, 5) is 22.2. The molecule has 112 valence electrons. The average molecular weight is 334 g/mol. The maximum absolute atomic E-state index is 12.4. The van der Waals surface area contributed by atoms with Gasteiger partial charge >= 0.3 is 0 Å². The van der Waals surface area contributed by atoms with Crippen LogP contribution < -0.4 is 4.90 Å². The maximum Gasteiger partial charge on any atom is 0.299 e. The van der Waals surface area contributed by atoms with E-state index >= 15 is 0 Å². The minimum atomic E-state index is -0.316. The number of benzene rings is 1. The molecule has 0 bridgehead atoms. The predicted octanol–water partition coefficient (Wildman–Crippen LogP) is 2.96. The monoisotopic (exact) mass is 333 g/mol. The Labute approximate surface area is 136 Å². The molecule has 1 amide bonds. The number of amides is 1. The second kappa shape index (κ2) is 5.86. The molecule has 1 aromatic carbocycles. The lowest BCUT2D eigenvalue weighted by molar-refractivity contribution is 0.0983. The standard InChI is InChI=1S/C14H12ClN5OS/c1-9-17-12(13(21)19(2)14-16-7-8-22-14)18-20(9)11-6-4-3-5-10(11)15/h3-8H,1-2H3. The molecule has 0 spiro atoms. The smallest absolute Gasteiger partial charge is 0.284 e. The lowest BCUT2D eigenvalue weighted by atomic mass is 10.3. The van der Waals surface area contributed by atoms with Crippen LogP contribution in [0.3, 0.4) is 0 Å². The topological polar surface area (TPSA) is 63.9 Å². The lowest BCUT2D eigenvalue weighted by Gasteiger charge is -2.10. The van der Waals surface area contributed by atoms with Crippen LogP contribution in [-0.2, 0) is 0 Å². The van der Waals surface area contributed by atoms with Gasteiger partial charge in [0.05, 0.1) is 10.7 Å². The molecule has 0 saturated carbocycles. The summed E-state index contributed by atoms with van der Waals surface area (Å²) in [6.45, 7) is 1.77. The van der Waals surface area contributed by atoms with Crippen molar-refractivity contribution in [3.05, 3.63) is 52.5 Å². The molecule has 0 fully saturated rings. The molecule has 6 nitrogen and oxygen atoms in total. The van der Waals surface area contributed by atoms with Gasteiger partial charge in [0.15, 0.2) is 5.13 Å². The second-order valence-corrected chi connectivity index (χ2v) is 5.80. The number of carbonyl (C=O) groups is 1. The number of aromatic nitrogens is 4. The zero-order chi connectivity index (χ0) is 15.7. The Balaban J connectivity index is 1.96. The Morgan fingerprint density at radius 3 is 2.82 bits per heavy atom. The van der Waals surface area contributed by atoms with E-state index in [9.17, 15) is 4.79 Å². The Kier molecular flexibility index (Phi) is 3.91. The normalized spacial score (nSPS) is 10.7. The first-order valence-corrected chi connectivity index (χ1v) is 7.70. The first-order valence-electron chi connectivity index (χ1n) is 6.44. The van der Waals surface area contributed by atoms with Crippen LogP contribution in [-0.4, -0.2) is 32.7 Å². The lowest BCUT2D eigenvalue weighted by Crippen LogP contribution is -2.27. The van der Waals surface area contributed by atoms with Crippen molar-refractivity contribution in [2.45, 2.75) is 6.92 Å². The highest BCUT2D eigenvalue weighted by Gasteiger charge is 2.21. The van der Waals surface area contributed by atoms with Gasteiger partial charge in [0.2, 0.25) is 5.82 Å². The molecule has 0 radical (unpaired) electrons. The van der Waals surface area contributed by atoms with E-state index < -0.39 is 0 Å². The van der Waals surface area contributed by atoms with Gasteiger partial charge in [-0.25, -0.2) is 14.6 Å².